The van der Waals surface area contributed by atoms with Gasteiger partial charge in [-0.3, -0.25) is 4.79 Å². The van der Waals surface area contributed by atoms with Crippen molar-refractivity contribution in [3.63, 3.8) is 0 Å². The number of hydrogen-bond donors (Lipinski definition) is 2. The van der Waals surface area contributed by atoms with E-state index in [-0.39, 0.29) is 5.97 Å². The lowest BCUT2D eigenvalue weighted by Gasteiger charge is -2.17. The topological polar surface area (TPSA) is 58.6 Å². The van der Waals surface area contributed by atoms with Gasteiger partial charge in [0.1, 0.15) is 0 Å². The van der Waals surface area contributed by atoms with Gasteiger partial charge in [-0.2, -0.15) is 0 Å². The summed E-state index contributed by atoms with van der Waals surface area (Å²) in [4.78, 5) is 11.6. The van der Waals surface area contributed by atoms with Gasteiger partial charge in [0.05, 0.1) is 12.6 Å². The number of esters is 1. The molecule has 0 unspecified atom stereocenters. The van der Waals surface area contributed by atoms with Crippen LogP contribution in [0.25, 0.3) is 0 Å². The SMILES string of the molecule is C=CCCCCC[C@H](NB(C)O)C(=O)OCC. The van der Waals surface area contributed by atoms with E-state index in [1.54, 1.807) is 13.7 Å². The number of ether oxygens (including phenoxy) is 1. The van der Waals surface area contributed by atoms with Crippen molar-refractivity contribution < 1.29 is 14.6 Å². The Morgan fingerprint density at radius 1 is 1.53 bits per heavy atom. The molecule has 17 heavy (non-hydrogen) atoms. The third kappa shape index (κ3) is 8.95. The van der Waals surface area contributed by atoms with Gasteiger partial charge in [0.15, 0.2) is 0 Å². The number of nitrogens with one attached hydrogen (secondary N) is 1. The predicted molar refractivity (Wildman–Crippen MR) is 70.7 cm³/mol. The van der Waals surface area contributed by atoms with Crippen molar-refractivity contribution in [2.24, 2.45) is 0 Å². The van der Waals surface area contributed by atoms with E-state index in [4.69, 9.17) is 4.74 Å². The van der Waals surface area contributed by atoms with Gasteiger partial charge in [0.2, 0.25) is 0 Å². The lowest BCUT2D eigenvalue weighted by atomic mass is 9.86. The Balaban J connectivity index is 3.92. The van der Waals surface area contributed by atoms with Gasteiger partial charge in [-0.05, 0) is 33.0 Å². The largest absolute Gasteiger partial charge is 0.465 e. The molecule has 0 aromatic carbocycles. The summed E-state index contributed by atoms with van der Waals surface area (Å²) in [5.41, 5.74) is 0. The van der Waals surface area contributed by atoms with E-state index >= 15 is 0 Å². The van der Waals surface area contributed by atoms with Crippen molar-refractivity contribution in [1.29, 1.82) is 0 Å². The fourth-order valence-corrected chi connectivity index (χ4v) is 1.62. The number of allylic oxidation sites excluding steroid dienone is 1. The van der Waals surface area contributed by atoms with Crippen molar-refractivity contribution >= 4 is 13.0 Å². The first-order valence-electron chi connectivity index (χ1n) is 6.33. The molecule has 0 bridgehead atoms. The van der Waals surface area contributed by atoms with Crippen molar-refractivity contribution in [1.82, 2.24) is 5.23 Å². The zero-order chi connectivity index (χ0) is 13.1. The van der Waals surface area contributed by atoms with E-state index < -0.39 is 13.1 Å². The maximum Gasteiger partial charge on any atom is 0.374 e. The molecular formula is C12H24BNO3. The Morgan fingerprint density at radius 3 is 2.76 bits per heavy atom. The van der Waals surface area contributed by atoms with Gasteiger partial charge in [0, 0.05) is 0 Å². The monoisotopic (exact) mass is 241 g/mol. The highest BCUT2D eigenvalue weighted by Gasteiger charge is 2.21. The van der Waals surface area contributed by atoms with Gasteiger partial charge in [-0.1, -0.05) is 18.9 Å². The molecule has 98 valence electrons. The van der Waals surface area contributed by atoms with Gasteiger partial charge in [-0.15, -0.1) is 6.58 Å². The zero-order valence-electron chi connectivity index (χ0n) is 10.9. The van der Waals surface area contributed by atoms with Crippen LogP contribution in [0.4, 0.5) is 0 Å². The molecule has 5 heteroatoms. The molecule has 0 rings (SSSR count). The number of unbranched alkanes of at least 4 members (excludes halogenated alkanes) is 3. The van der Waals surface area contributed by atoms with Gasteiger partial charge >= 0.3 is 13.0 Å². The first kappa shape index (κ1) is 16.2. The molecule has 0 fully saturated rings. The second-order valence-corrected chi connectivity index (χ2v) is 4.07. The Kier molecular flexibility index (Phi) is 9.86. The molecule has 0 amide bonds. The summed E-state index contributed by atoms with van der Waals surface area (Å²) in [7, 11) is -0.697. The predicted octanol–water partition coefficient (Wildman–Crippen LogP) is 1.75. The summed E-state index contributed by atoms with van der Waals surface area (Å²) in [5, 5.41) is 12.1. The van der Waals surface area contributed by atoms with Crippen LogP contribution in [0, 0.1) is 0 Å². The molecule has 0 aliphatic heterocycles. The molecule has 0 heterocycles. The summed E-state index contributed by atoms with van der Waals surface area (Å²) >= 11 is 0. The summed E-state index contributed by atoms with van der Waals surface area (Å²) in [6.07, 6.45) is 6.69. The molecule has 0 aromatic rings. The molecule has 0 saturated heterocycles. The molecule has 0 aliphatic rings. The summed E-state index contributed by atoms with van der Waals surface area (Å²) in [6, 6.07) is -0.404. The lowest BCUT2D eigenvalue weighted by Crippen LogP contribution is -2.45. The molecule has 0 spiro atoms. The fourth-order valence-electron chi connectivity index (χ4n) is 1.62. The van der Waals surface area contributed by atoms with Gasteiger partial charge in [-0.25, -0.2) is 0 Å². The van der Waals surface area contributed by atoms with E-state index in [1.165, 1.54) is 0 Å². The molecule has 2 N–H and O–H groups in total. The maximum absolute atomic E-state index is 11.6. The van der Waals surface area contributed by atoms with Crippen LogP contribution in [0.15, 0.2) is 12.7 Å². The highest BCUT2D eigenvalue weighted by atomic mass is 16.5. The zero-order valence-corrected chi connectivity index (χ0v) is 10.9. The third-order valence-electron chi connectivity index (χ3n) is 2.41. The normalized spacial score (nSPS) is 11.9. The minimum Gasteiger partial charge on any atom is -0.465 e. The summed E-state index contributed by atoms with van der Waals surface area (Å²) < 4.78 is 4.95. The Morgan fingerprint density at radius 2 is 2.24 bits per heavy atom. The smallest absolute Gasteiger partial charge is 0.374 e. The van der Waals surface area contributed by atoms with Crippen LogP contribution in [-0.4, -0.2) is 30.7 Å². The van der Waals surface area contributed by atoms with E-state index in [0.29, 0.717) is 13.0 Å². The van der Waals surface area contributed by atoms with Crippen LogP contribution < -0.4 is 5.23 Å². The van der Waals surface area contributed by atoms with Crippen molar-refractivity contribution in [3.8, 4) is 0 Å². The van der Waals surface area contributed by atoms with E-state index in [1.807, 2.05) is 6.08 Å². The first-order chi connectivity index (χ1) is 8.11. The Bertz CT molecular complexity index is 222. The average Bonchev–Trinajstić information content (AvgIpc) is 2.27. The first-order valence-corrected chi connectivity index (χ1v) is 6.33. The van der Waals surface area contributed by atoms with E-state index in [0.717, 1.165) is 25.7 Å². The van der Waals surface area contributed by atoms with Crippen molar-refractivity contribution in [2.75, 3.05) is 6.61 Å². The van der Waals surface area contributed by atoms with E-state index in [9.17, 15) is 9.82 Å². The van der Waals surface area contributed by atoms with Crippen LogP contribution in [0.3, 0.4) is 0 Å². The number of carbonyl (C=O) groups excluding carboxylic acids is 1. The molecule has 0 saturated carbocycles. The molecule has 1 atom stereocenters. The minimum atomic E-state index is -0.697. The van der Waals surface area contributed by atoms with Crippen LogP contribution in [0.2, 0.25) is 6.82 Å². The quantitative estimate of drug-likeness (QED) is 0.265. The highest BCUT2D eigenvalue weighted by Crippen LogP contribution is 2.07. The van der Waals surface area contributed by atoms with Crippen LogP contribution in [-0.2, 0) is 9.53 Å². The van der Waals surface area contributed by atoms with Crippen molar-refractivity contribution in [2.45, 2.75) is 51.9 Å². The molecule has 4 nitrogen and oxygen atoms in total. The van der Waals surface area contributed by atoms with Crippen LogP contribution in [0.5, 0.6) is 0 Å². The molecule has 0 aromatic heterocycles. The van der Waals surface area contributed by atoms with Crippen LogP contribution >= 0.6 is 0 Å². The number of rotatable bonds is 10. The summed E-state index contributed by atoms with van der Waals surface area (Å²) in [6.45, 7) is 7.41. The molecule has 0 aliphatic carbocycles. The van der Waals surface area contributed by atoms with Gasteiger partial charge in [0.25, 0.3) is 0 Å². The fraction of sp³-hybridized carbons (Fsp3) is 0.750. The minimum absolute atomic E-state index is 0.280. The highest BCUT2D eigenvalue weighted by molar-refractivity contribution is 6.46. The maximum atomic E-state index is 11.6. The summed E-state index contributed by atoms with van der Waals surface area (Å²) in [5.74, 6) is -0.280. The number of hydrogen-bond acceptors (Lipinski definition) is 4. The standard InChI is InChI=1S/C12H24BNO3/c1-4-6-7-8-9-10-11(14-13(3)16)12(15)17-5-2/h4,11,14,16H,1,5-10H2,2-3H3/t11-/m0/s1. The average molecular weight is 241 g/mol. The second kappa shape index (κ2) is 10.4. The van der Waals surface area contributed by atoms with Gasteiger partial charge < -0.3 is 15.0 Å². The third-order valence-corrected chi connectivity index (χ3v) is 2.41. The number of carbonyl (C=O) groups is 1. The molecule has 0 radical (unpaired) electrons. The molecular weight excluding hydrogens is 217 g/mol. The van der Waals surface area contributed by atoms with Crippen LogP contribution in [0.1, 0.15) is 39.0 Å². The second-order valence-electron chi connectivity index (χ2n) is 4.07. The van der Waals surface area contributed by atoms with E-state index in [2.05, 4.69) is 11.8 Å². The lowest BCUT2D eigenvalue weighted by molar-refractivity contribution is -0.145. The van der Waals surface area contributed by atoms with Crippen molar-refractivity contribution in [3.05, 3.63) is 12.7 Å². The Labute approximate surface area is 105 Å². The Hall–Kier alpha value is -0.805.